The van der Waals surface area contributed by atoms with E-state index in [1.54, 1.807) is 31.4 Å². The quantitative estimate of drug-likeness (QED) is 0.649. The number of anilines is 1. The van der Waals surface area contributed by atoms with Gasteiger partial charge in [-0.1, -0.05) is 43.3 Å². The number of nitrogens with zero attached hydrogens (tertiary/aromatic N) is 1. The van der Waals surface area contributed by atoms with Crippen LogP contribution in [0.4, 0.5) is 5.69 Å². The predicted octanol–water partition coefficient (Wildman–Crippen LogP) is 4.70. The Labute approximate surface area is 178 Å². The van der Waals surface area contributed by atoms with E-state index in [0.29, 0.717) is 23.1 Å². The summed E-state index contributed by atoms with van der Waals surface area (Å²) < 4.78 is 34.3. The third-order valence-corrected chi connectivity index (χ3v) is 8.37. The van der Waals surface area contributed by atoms with E-state index in [9.17, 15) is 8.42 Å². The Bertz CT molecular complexity index is 1050. The third-order valence-electron chi connectivity index (χ3n) is 6.95. The maximum absolute atomic E-state index is 13.2. The number of hydrogen-bond acceptors (Lipinski definition) is 5. The lowest BCUT2D eigenvalue weighted by molar-refractivity contribution is 0.193. The number of sulfonamides is 1. The van der Waals surface area contributed by atoms with Gasteiger partial charge in [0.05, 0.1) is 24.3 Å². The number of oxime groups is 1. The average molecular weight is 429 g/mol. The smallest absolute Gasteiger partial charge is 0.233 e. The normalized spacial score (nSPS) is 26.0. The van der Waals surface area contributed by atoms with Crippen molar-refractivity contribution in [1.82, 2.24) is 0 Å². The first-order chi connectivity index (χ1) is 14.3. The van der Waals surface area contributed by atoms with E-state index < -0.39 is 15.4 Å². The molecule has 2 aromatic rings. The molecule has 7 heteroatoms. The Kier molecular flexibility index (Phi) is 5.26. The molecular weight excluding hydrogens is 400 g/mol. The standard InChI is InChI=1S/C23H28N2O4S/c1-22(2)17-12-13-23(22,21(14-17)24-29-19-9-5-4-6-10-19)16-30(26,27)25-18-8-7-11-20(15-18)28-3/h4-11,15,17,25H,12-14,16H2,1-3H3. The summed E-state index contributed by atoms with van der Waals surface area (Å²) in [5.74, 6) is 1.65. The highest BCUT2D eigenvalue weighted by Gasteiger charge is 2.64. The van der Waals surface area contributed by atoms with E-state index >= 15 is 0 Å². The summed E-state index contributed by atoms with van der Waals surface area (Å²) in [6.45, 7) is 4.33. The largest absolute Gasteiger partial charge is 0.497 e. The van der Waals surface area contributed by atoms with Gasteiger partial charge >= 0.3 is 0 Å². The summed E-state index contributed by atoms with van der Waals surface area (Å²) in [4.78, 5) is 5.68. The first kappa shape index (κ1) is 20.7. The van der Waals surface area contributed by atoms with Crippen LogP contribution >= 0.6 is 0 Å². The van der Waals surface area contributed by atoms with Gasteiger partial charge in [-0.3, -0.25) is 4.72 Å². The van der Waals surface area contributed by atoms with Gasteiger partial charge in [-0.2, -0.15) is 0 Å². The number of benzene rings is 2. The van der Waals surface area contributed by atoms with Crippen molar-refractivity contribution in [3.63, 3.8) is 0 Å². The summed E-state index contributed by atoms with van der Waals surface area (Å²) in [5.41, 5.74) is 0.630. The van der Waals surface area contributed by atoms with E-state index in [1.165, 1.54) is 0 Å². The maximum Gasteiger partial charge on any atom is 0.233 e. The van der Waals surface area contributed by atoms with Crippen LogP contribution in [0.3, 0.4) is 0 Å². The molecule has 2 aromatic carbocycles. The second-order valence-electron chi connectivity index (χ2n) is 8.78. The monoisotopic (exact) mass is 428 g/mol. The molecule has 0 saturated heterocycles. The molecule has 0 spiro atoms. The van der Waals surface area contributed by atoms with Gasteiger partial charge in [-0.25, -0.2) is 8.42 Å². The van der Waals surface area contributed by atoms with Crippen molar-refractivity contribution >= 4 is 21.4 Å². The highest BCUT2D eigenvalue weighted by molar-refractivity contribution is 7.92. The number of methoxy groups -OCH3 is 1. The minimum atomic E-state index is -3.62. The van der Waals surface area contributed by atoms with Gasteiger partial charge in [0, 0.05) is 11.5 Å². The molecule has 0 radical (unpaired) electrons. The van der Waals surface area contributed by atoms with Crippen molar-refractivity contribution in [3.8, 4) is 11.5 Å². The fraction of sp³-hybridized carbons (Fsp3) is 0.435. The van der Waals surface area contributed by atoms with Gasteiger partial charge in [-0.05, 0) is 54.9 Å². The number of fused-ring (bicyclic) bond motifs is 2. The molecule has 2 unspecified atom stereocenters. The van der Waals surface area contributed by atoms with Crippen LogP contribution in [0.15, 0.2) is 59.8 Å². The molecule has 0 aliphatic heterocycles. The average Bonchev–Trinajstić information content (AvgIpc) is 3.07. The molecule has 0 aromatic heterocycles. The van der Waals surface area contributed by atoms with E-state index in [4.69, 9.17) is 9.57 Å². The fourth-order valence-electron chi connectivity index (χ4n) is 5.08. The zero-order valence-corrected chi connectivity index (χ0v) is 18.4. The Morgan fingerprint density at radius 1 is 1.10 bits per heavy atom. The van der Waals surface area contributed by atoms with Gasteiger partial charge in [0.2, 0.25) is 10.0 Å². The summed E-state index contributed by atoms with van der Waals surface area (Å²) in [6.07, 6.45) is 2.57. The van der Waals surface area contributed by atoms with Crippen LogP contribution in [-0.2, 0) is 10.0 Å². The zero-order valence-electron chi connectivity index (χ0n) is 17.6. The van der Waals surface area contributed by atoms with E-state index in [1.807, 2.05) is 30.3 Å². The lowest BCUT2D eigenvalue weighted by Crippen LogP contribution is -2.43. The summed E-state index contributed by atoms with van der Waals surface area (Å²) in [6, 6.07) is 16.3. The van der Waals surface area contributed by atoms with Crippen molar-refractivity contribution in [2.45, 2.75) is 33.1 Å². The maximum atomic E-state index is 13.2. The number of ether oxygens (including phenoxy) is 1. The van der Waals surface area contributed by atoms with Gasteiger partial charge in [0.25, 0.3) is 0 Å². The molecule has 2 fully saturated rings. The van der Waals surface area contributed by atoms with Crippen molar-refractivity contribution in [2.75, 3.05) is 17.6 Å². The van der Waals surface area contributed by atoms with Crippen LogP contribution in [0.25, 0.3) is 0 Å². The van der Waals surface area contributed by atoms with Crippen molar-refractivity contribution in [3.05, 3.63) is 54.6 Å². The van der Waals surface area contributed by atoms with Crippen molar-refractivity contribution < 1.29 is 18.0 Å². The van der Waals surface area contributed by atoms with E-state index in [-0.39, 0.29) is 11.2 Å². The van der Waals surface area contributed by atoms with Crippen molar-refractivity contribution in [2.24, 2.45) is 21.9 Å². The first-order valence-electron chi connectivity index (χ1n) is 10.2. The minimum Gasteiger partial charge on any atom is -0.497 e. The molecule has 30 heavy (non-hydrogen) atoms. The Morgan fingerprint density at radius 2 is 1.83 bits per heavy atom. The molecule has 6 nitrogen and oxygen atoms in total. The summed E-state index contributed by atoms with van der Waals surface area (Å²) in [7, 11) is -2.06. The van der Waals surface area contributed by atoms with Crippen LogP contribution in [0, 0.1) is 16.7 Å². The fourth-order valence-corrected chi connectivity index (χ4v) is 6.97. The Hall–Kier alpha value is -2.54. The third kappa shape index (κ3) is 3.67. The van der Waals surface area contributed by atoms with Crippen LogP contribution in [-0.4, -0.2) is 27.0 Å². The number of hydrogen-bond donors (Lipinski definition) is 1. The van der Waals surface area contributed by atoms with Crippen molar-refractivity contribution in [1.29, 1.82) is 0 Å². The predicted molar refractivity (Wildman–Crippen MR) is 118 cm³/mol. The van der Waals surface area contributed by atoms with Crippen LogP contribution in [0.2, 0.25) is 0 Å². The van der Waals surface area contributed by atoms with Gasteiger partial charge in [0.15, 0.2) is 5.75 Å². The summed E-state index contributed by atoms with van der Waals surface area (Å²) in [5, 5.41) is 4.47. The molecule has 2 bridgehead atoms. The van der Waals surface area contributed by atoms with Crippen LogP contribution in [0.5, 0.6) is 11.5 Å². The minimum absolute atomic E-state index is 0.0162. The first-order valence-corrected chi connectivity index (χ1v) is 11.8. The lowest BCUT2D eigenvalue weighted by atomic mass is 9.70. The van der Waals surface area contributed by atoms with Crippen LogP contribution < -0.4 is 14.3 Å². The van der Waals surface area contributed by atoms with Gasteiger partial charge in [0.1, 0.15) is 5.75 Å². The van der Waals surface area contributed by atoms with E-state index in [0.717, 1.165) is 25.0 Å². The number of rotatable bonds is 7. The second-order valence-corrected chi connectivity index (χ2v) is 10.5. The molecule has 160 valence electrons. The number of para-hydroxylation sites is 1. The molecule has 2 aliphatic rings. The molecular formula is C23H28N2O4S. The van der Waals surface area contributed by atoms with Crippen LogP contribution in [0.1, 0.15) is 33.1 Å². The number of nitrogens with one attached hydrogen (secondary N) is 1. The molecule has 4 rings (SSSR count). The second kappa shape index (κ2) is 7.61. The molecule has 2 saturated carbocycles. The Morgan fingerprint density at radius 3 is 2.53 bits per heavy atom. The molecule has 2 atom stereocenters. The highest BCUT2D eigenvalue weighted by atomic mass is 32.2. The summed E-state index contributed by atoms with van der Waals surface area (Å²) >= 11 is 0. The van der Waals surface area contributed by atoms with E-state index in [2.05, 4.69) is 23.7 Å². The Balaban J connectivity index is 1.61. The SMILES string of the molecule is COc1cccc(NS(=O)(=O)CC23CCC(CC2=NOc2ccccc2)C3(C)C)c1. The lowest BCUT2D eigenvalue weighted by Gasteiger charge is -2.37. The highest BCUT2D eigenvalue weighted by Crippen LogP contribution is 2.64. The molecule has 0 amide bonds. The molecule has 1 N–H and O–H groups in total. The zero-order chi connectivity index (χ0) is 21.4. The van der Waals surface area contributed by atoms with Gasteiger partial charge in [-0.15, -0.1) is 0 Å². The molecule has 2 aliphatic carbocycles. The molecule has 0 heterocycles. The van der Waals surface area contributed by atoms with Gasteiger partial charge < -0.3 is 9.57 Å². The topological polar surface area (TPSA) is 77.0 Å².